The zero-order chi connectivity index (χ0) is 14.2. The molecular formula is C13H18N6O. The van der Waals surface area contributed by atoms with E-state index in [-0.39, 0.29) is 5.91 Å². The molecule has 1 amide bonds. The van der Waals surface area contributed by atoms with Crippen LogP contribution in [0.3, 0.4) is 0 Å². The second-order valence-corrected chi connectivity index (χ2v) is 4.30. The van der Waals surface area contributed by atoms with Crippen molar-refractivity contribution in [1.29, 1.82) is 0 Å². The average Bonchev–Trinajstić information content (AvgIpc) is 2.99. The molecule has 0 bridgehead atoms. The molecule has 7 heteroatoms. The highest BCUT2D eigenvalue weighted by molar-refractivity contribution is 5.92. The second-order valence-electron chi connectivity index (χ2n) is 4.30. The van der Waals surface area contributed by atoms with E-state index in [1.165, 1.54) is 6.33 Å². The van der Waals surface area contributed by atoms with E-state index < -0.39 is 0 Å². The minimum absolute atomic E-state index is 0.188. The lowest BCUT2D eigenvalue weighted by atomic mass is 10.3. The molecule has 20 heavy (non-hydrogen) atoms. The number of pyridine rings is 1. The van der Waals surface area contributed by atoms with Gasteiger partial charge in [0.15, 0.2) is 0 Å². The van der Waals surface area contributed by atoms with Crippen LogP contribution in [-0.4, -0.2) is 39.2 Å². The van der Waals surface area contributed by atoms with E-state index >= 15 is 0 Å². The molecule has 2 heterocycles. The summed E-state index contributed by atoms with van der Waals surface area (Å²) in [4.78, 5) is 20.0. The summed E-state index contributed by atoms with van der Waals surface area (Å²) < 4.78 is 0. The third-order valence-corrected chi connectivity index (χ3v) is 2.69. The van der Waals surface area contributed by atoms with Gasteiger partial charge >= 0.3 is 0 Å². The Morgan fingerprint density at radius 3 is 2.85 bits per heavy atom. The van der Waals surface area contributed by atoms with Crippen molar-refractivity contribution < 1.29 is 4.79 Å². The van der Waals surface area contributed by atoms with Crippen LogP contribution in [0.25, 0.3) is 0 Å². The molecular weight excluding hydrogens is 256 g/mol. The number of aromatic amines is 1. The molecule has 0 aromatic carbocycles. The Balaban J connectivity index is 1.79. The molecule has 0 spiro atoms. The van der Waals surface area contributed by atoms with Gasteiger partial charge in [-0.2, -0.15) is 5.10 Å². The molecule has 0 atom stereocenters. The lowest BCUT2D eigenvalue weighted by Gasteiger charge is -2.06. The quantitative estimate of drug-likeness (QED) is 0.700. The largest absolute Gasteiger partial charge is 0.384 e. The number of nitrogens with one attached hydrogen (secondary N) is 3. The normalized spacial score (nSPS) is 10.2. The van der Waals surface area contributed by atoms with Gasteiger partial charge in [0.1, 0.15) is 17.8 Å². The lowest BCUT2D eigenvalue weighted by molar-refractivity contribution is 0.0949. The molecule has 7 nitrogen and oxygen atoms in total. The smallest absolute Gasteiger partial charge is 0.269 e. The monoisotopic (exact) mass is 274 g/mol. The fraction of sp³-hybridized carbons (Fsp3) is 0.385. The first-order valence-corrected chi connectivity index (χ1v) is 6.62. The minimum Gasteiger partial charge on any atom is -0.384 e. The van der Waals surface area contributed by atoms with Crippen LogP contribution in [0.2, 0.25) is 0 Å². The van der Waals surface area contributed by atoms with Crippen molar-refractivity contribution in [2.45, 2.75) is 19.8 Å². The molecule has 0 aliphatic carbocycles. The highest BCUT2D eigenvalue weighted by Gasteiger charge is 2.06. The van der Waals surface area contributed by atoms with Crippen LogP contribution in [0.1, 0.15) is 29.7 Å². The molecule has 2 aromatic rings. The van der Waals surface area contributed by atoms with E-state index in [0.717, 1.165) is 24.5 Å². The number of carbonyl (C=O) groups is 1. The summed E-state index contributed by atoms with van der Waals surface area (Å²) in [6, 6.07) is 3.57. The number of carbonyl (C=O) groups excluding carboxylic acids is 1. The number of H-pyrrole nitrogens is 1. The van der Waals surface area contributed by atoms with Crippen molar-refractivity contribution in [2.75, 3.05) is 18.4 Å². The van der Waals surface area contributed by atoms with Crippen LogP contribution in [0.4, 0.5) is 5.69 Å². The van der Waals surface area contributed by atoms with Gasteiger partial charge in [-0.1, -0.05) is 6.92 Å². The van der Waals surface area contributed by atoms with Crippen molar-refractivity contribution >= 4 is 11.6 Å². The van der Waals surface area contributed by atoms with E-state index in [1.54, 1.807) is 12.3 Å². The summed E-state index contributed by atoms with van der Waals surface area (Å²) in [6.45, 7) is 3.48. The second kappa shape index (κ2) is 7.22. The van der Waals surface area contributed by atoms with Crippen molar-refractivity contribution in [3.8, 4) is 0 Å². The number of rotatable bonds is 7. The number of hydrogen-bond donors (Lipinski definition) is 3. The Morgan fingerprint density at radius 1 is 1.30 bits per heavy atom. The Morgan fingerprint density at radius 2 is 2.20 bits per heavy atom. The van der Waals surface area contributed by atoms with Crippen LogP contribution < -0.4 is 10.6 Å². The topological polar surface area (TPSA) is 95.6 Å². The SMILES string of the molecule is CCCNc1ccc(C(=O)NCCc2ncn[nH]2)nc1. The predicted octanol–water partition coefficient (Wildman–Crippen LogP) is 0.994. The third kappa shape index (κ3) is 4.04. The Labute approximate surface area is 117 Å². The Hall–Kier alpha value is -2.44. The van der Waals surface area contributed by atoms with Crippen molar-refractivity contribution in [2.24, 2.45) is 0 Å². The summed E-state index contributed by atoms with van der Waals surface area (Å²) in [5.41, 5.74) is 1.33. The van der Waals surface area contributed by atoms with Gasteiger partial charge in [0.05, 0.1) is 11.9 Å². The van der Waals surface area contributed by atoms with Gasteiger partial charge in [0.25, 0.3) is 5.91 Å². The van der Waals surface area contributed by atoms with Gasteiger partial charge in [0.2, 0.25) is 0 Å². The first-order chi connectivity index (χ1) is 9.79. The fourth-order valence-corrected chi connectivity index (χ4v) is 1.64. The molecule has 0 unspecified atom stereocenters. The standard InChI is InChI=1S/C13H18N6O/c1-2-6-14-10-3-4-11(16-8-10)13(20)15-7-5-12-17-9-18-19-12/h3-4,8-9,14H,2,5-7H2,1H3,(H,15,20)(H,17,18,19). The van der Waals surface area contributed by atoms with E-state index in [1.807, 2.05) is 6.07 Å². The number of amides is 1. The number of anilines is 1. The Kier molecular flexibility index (Phi) is 5.05. The van der Waals surface area contributed by atoms with Crippen molar-refractivity contribution in [3.05, 3.63) is 36.2 Å². The summed E-state index contributed by atoms with van der Waals surface area (Å²) in [7, 11) is 0. The molecule has 0 fully saturated rings. The van der Waals surface area contributed by atoms with E-state index in [2.05, 4.69) is 37.7 Å². The molecule has 3 N–H and O–H groups in total. The lowest BCUT2D eigenvalue weighted by Crippen LogP contribution is -2.26. The molecule has 2 aromatic heterocycles. The maximum atomic E-state index is 11.9. The highest BCUT2D eigenvalue weighted by Crippen LogP contribution is 2.06. The summed E-state index contributed by atoms with van der Waals surface area (Å²) in [5.74, 6) is 0.559. The van der Waals surface area contributed by atoms with Gasteiger partial charge in [-0.15, -0.1) is 0 Å². The number of aromatic nitrogens is 4. The van der Waals surface area contributed by atoms with Gasteiger partial charge < -0.3 is 10.6 Å². The van der Waals surface area contributed by atoms with E-state index in [9.17, 15) is 4.79 Å². The van der Waals surface area contributed by atoms with Gasteiger partial charge in [-0.05, 0) is 18.6 Å². The predicted molar refractivity (Wildman–Crippen MR) is 75.4 cm³/mol. The maximum Gasteiger partial charge on any atom is 0.269 e. The van der Waals surface area contributed by atoms with Crippen molar-refractivity contribution in [1.82, 2.24) is 25.5 Å². The molecule has 0 saturated carbocycles. The first-order valence-electron chi connectivity index (χ1n) is 6.62. The number of hydrogen-bond acceptors (Lipinski definition) is 5. The zero-order valence-electron chi connectivity index (χ0n) is 11.4. The molecule has 0 saturated heterocycles. The van der Waals surface area contributed by atoms with E-state index in [0.29, 0.717) is 18.7 Å². The minimum atomic E-state index is -0.188. The summed E-state index contributed by atoms with van der Waals surface area (Å²) in [6.07, 6.45) is 4.77. The van der Waals surface area contributed by atoms with Crippen LogP contribution in [0.15, 0.2) is 24.7 Å². The molecule has 0 aliphatic heterocycles. The fourth-order valence-electron chi connectivity index (χ4n) is 1.64. The first kappa shape index (κ1) is 14.0. The van der Waals surface area contributed by atoms with Gasteiger partial charge in [-0.3, -0.25) is 9.89 Å². The Bertz CT molecular complexity index is 522. The average molecular weight is 274 g/mol. The van der Waals surface area contributed by atoms with Crippen LogP contribution >= 0.6 is 0 Å². The van der Waals surface area contributed by atoms with Crippen LogP contribution in [-0.2, 0) is 6.42 Å². The zero-order valence-corrected chi connectivity index (χ0v) is 11.4. The van der Waals surface area contributed by atoms with Crippen LogP contribution in [0.5, 0.6) is 0 Å². The van der Waals surface area contributed by atoms with Gasteiger partial charge in [-0.25, -0.2) is 9.97 Å². The molecule has 0 radical (unpaired) electrons. The number of nitrogens with zero attached hydrogens (tertiary/aromatic N) is 3. The molecule has 2 rings (SSSR count). The van der Waals surface area contributed by atoms with Crippen LogP contribution in [0, 0.1) is 0 Å². The third-order valence-electron chi connectivity index (χ3n) is 2.69. The maximum absolute atomic E-state index is 11.9. The molecule has 106 valence electrons. The summed E-state index contributed by atoms with van der Waals surface area (Å²) >= 11 is 0. The van der Waals surface area contributed by atoms with Gasteiger partial charge in [0, 0.05) is 19.5 Å². The highest BCUT2D eigenvalue weighted by atomic mass is 16.1. The summed E-state index contributed by atoms with van der Waals surface area (Å²) in [5, 5.41) is 12.5. The van der Waals surface area contributed by atoms with Crippen molar-refractivity contribution in [3.63, 3.8) is 0 Å². The molecule has 0 aliphatic rings. The van der Waals surface area contributed by atoms with E-state index in [4.69, 9.17) is 0 Å².